The van der Waals surface area contributed by atoms with Crippen molar-refractivity contribution >= 4 is 11.7 Å². The maximum atomic E-state index is 13.1. The summed E-state index contributed by atoms with van der Waals surface area (Å²) in [5.74, 6) is 0.979. The van der Waals surface area contributed by atoms with Crippen molar-refractivity contribution in [1.82, 2.24) is 25.9 Å². The highest BCUT2D eigenvalue weighted by Gasteiger charge is 2.41. The number of anilines is 1. The second-order valence-electron chi connectivity index (χ2n) is 8.83. The molecule has 1 amide bonds. The van der Waals surface area contributed by atoms with E-state index in [-0.39, 0.29) is 23.3 Å². The number of aromatic nitrogens is 2. The number of amides is 1. The molecule has 4 rings (SSSR count). The van der Waals surface area contributed by atoms with Crippen LogP contribution in [0.1, 0.15) is 38.4 Å². The van der Waals surface area contributed by atoms with Gasteiger partial charge in [0.05, 0.1) is 12.2 Å². The van der Waals surface area contributed by atoms with E-state index in [1.54, 1.807) is 0 Å². The van der Waals surface area contributed by atoms with Gasteiger partial charge < -0.3 is 10.6 Å². The molecule has 2 saturated heterocycles. The molecule has 0 bridgehead atoms. The van der Waals surface area contributed by atoms with Crippen molar-refractivity contribution < 1.29 is 4.79 Å². The van der Waals surface area contributed by atoms with Crippen LogP contribution in [-0.2, 0) is 16.8 Å². The smallest absolute Gasteiger partial charge is 0.244 e. The predicted octanol–water partition coefficient (Wildman–Crippen LogP) is 1.62. The third-order valence-corrected chi connectivity index (χ3v) is 5.64. The van der Waals surface area contributed by atoms with Gasteiger partial charge in [0.25, 0.3) is 0 Å². The molecule has 150 valence electrons. The molecule has 2 aromatic rings. The average Bonchev–Trinajstić information content (AvgIpc) is 3.27. The Hall–Kier alpha value is -2.22. The van der Waals surface area contributed by atoms with E-state index in [0.717, 1.165) is 36.6 Å². The van der Waals surface area contributed by atoms with Crippen LogP contribution in [0, 0.1) is 5.92 Å². The number of hydrazine groups is 1. The number of hydrogen-bond acceptors (Lipinski definition) is 5. The Morgan fingerprint density at radius 2 is 2.04 bits per heavy atom. The molecule has 1 aromatic carbocycles. The molecule has 2 fully saturated rings. The number of piperidine rings is 1. The highest BCUT2D eigenvalue weighted by atomic mass is 16.2. The quantitative estimate of drug-likeness (QED) is 0.646. The van der Waals surface area contributed by atoms with E-state index in [4.69, 9.17) is 5.10 Å². The third-order valence-electron chi connectivity index (χ3n) is 5.64. The Morgan fingerprint density at radius 1 is 1.25 bits per heavy atom. The molecule has 3 heterocycles. The molecule has 3 unspecified atom stereocenters. The lowest BCUT2D eigenvalue weighted by molar-refractivity contribution is -0.118. The zero-order chi connectivity index (χ0) is 19.7. The lowest BCUT2D eigenvalue weighted by Crippen LogP contribution is -2.47. The van der Waals surface area contributed by atoms with Gasteiger partial charge in [-0.2, -0.15) is 5.10 Å². The van der Waals surface area contributed by atoms with Crippen molar-refractivity contribution in [3.05, 3.63) is 47.7 Å². The molecule has 7 heteroatoms. The third kappa shape index (κ3) is 3.97. The van der Waals surface area contributed by atoms with Crippen molar-refractivity contribution in [3.63, 3.8) is 0 Å². The number of nitrogens with one attached hydrogen (secondary N) is 4. The second kappa shape index (κ2) is 7.66. The summed E-state index contributed by atoms with van der Waals surface area (Å²) in [7, 11) is 0. The van der Waals surface area contributed by atoms with Crippen LogP contribution in [0.25, 0.3) is 0 Å². The molecule has 0 spiro atoms. The van der Waals surface area contributed by atoms with E-state index >= 15 is 0 Å². The highest BCUT2D eigenvalue weighted by molar-refractivity contribution is 5.94. The molecule has 0 saturated carbocycles. The molecule has 4 N–H and O–H groups in total. The summed E-state index contributed by atoms with van der Waals surface area (Å²) in [6.07, 6.45) is 1.03. The first kappa shape index (κ1) is 19.1. The molecule has 28 heavy (non-hydrogen) atoms. The van der Waals surface area contributed by atoms with Gasteiger partial charge in [-0.25, -0.2) is 10.1 Å². The average molecular weight is 383 g/mol. The highest BCUT2D eigenvalue weighted by Crippen LogP contribution is 2.26. The zero-order valence-electron chi connectivity index (χ0n) is 16.8. The normalized spacial score (nSPS) is 24.8. The van der Waals surface area contributed by atoms with E-state index in [0.29, 0.717) is 12.6 Å². The maximum absolute atomic E-state index is 13.1. The lowest BCUT2D eigenvalue weighted by atomic mass is 9.89. The number of nitrogens with zero attached hydrogens (tertiary/aromatic N) is 2. The number of benzene rings is 1. The van der Waals surface area contributed by atoms with Crippen molar-refractivity contribution in [1.29, 1.82) is 0 Å². The van der Waals surface area contributed by atoms with Crippen molar-refractivity contribution in [3.8, 4) is 0 Å². The molecule has 1 aromatic heterocycles. The summed E-state index contributed by atoms with van der Waals surface area (Å²) in [5.41, 5.74) is 8.51. The Bertz CT molecular complexity index is 825. The second-order valence-corrected chi connectivity index (χ2v) is 8.83. The summed E-state index contributed by atoms with van der Waals surface area (Å²) in [6.45, 7) is 8.86. The fourth-order valence-electron chi connectivity index (χ4n) is 3.94. The van der Waals surface area contributed by atoms with E-state index in [9.17, 15) is 4.79 Å². The standard InChI is InChI=1S/C21H30N6O/c1-21(2,3)17-11-18(27(26-17)13-14-7-5-4-6-8-14)23-20(28)19-15-12-22-10-9-16(15)24-25-19/h4-8,11,15-16,19,22,24-25H,9-10,12-13H2,1-3H3,(H,23,28). The van der Waals surface area contributed by atoms with Crippen LogP contribution < -0.4 is 21.5 Å². The van der Waals surface area contributed by atoms with Crippen molar-refractivity contribution in [2.75, 3.05) is 18.4 Å². The minimum Gasteiger partial charge on any atom is -0.316 e. The Kier molecular flexibility index (Phi) is 5.23. The van der Waals surface area contributed by atoms with E-state index in [1.807, 2.05) is 28.9 Å². The lowest BCUT2D eigenvalue weighted by Gasteiger charge is -2.27. The first-order valence-corrected chi connectivity index (χ1v) is 10.1. The fourth-order valence-corrected chi connectivity index (χ4v) is 3.94. The number of carbonyl (C=O) groups excluding carboxylic acids is 1. The monoisotopic (exact) mass is 382 g/mol. The van der Waals surface area contributed by atoms with Crippen LogP contribution in [0.3, 0.4) is 0 Å². The van der Waals surface area contributed by atoms with Crippen LogP contribution >= 0.6 is 0 Å². The Balaban J connectivity index is 1.55. The molecular formula is C21H30N6O. The molecular weight excluding hydrogens is 352 g/mol. The van der Waals surface area contributed by atoms with Crippen molar-refractivity contribution in [2.24, 2.45) is 5.92 Å². The first-order chi connectivity index (χ1) is 13.4. The Labute approximate surface area is 166 Å². The van der Waals surface area contributed by atoms with Gasteiger partial charge in [-0.05, 0) is 18.5 Å². The number of rotatable bonds is 4. The van der Waals surface area contributed by atoms with Gasteiger partial charge in [0.1, 0.15) is 11.9 Å². The van der Waals surface area contributed by atoms with Gasteiger partial charge in [0, 0.05) is 30.0 Å². The molecule has 7 nitrogen and oxygen atoms in total. The topological polar surface area (TPSA) is 83.0 Å². The van der Waals surface area contributed by atoms with Gasteiger partial charge in [-0.15, -0.1) is 0 Å². The van der Waals surface area contributed by atoms with Crippen LogP contribution in [0.2, 0.25) is 0 Å². The van der Waals surface area contributed by atoms with E-state index in [2.05, 4.69) is 54.4 Å². The number of fused-ring (bicyclic) bond motifs is 1. The van der Waals surface area contributed by atoms with Gasteiger partial charge >= 0.3 is 0 Å². The summed E-state index contributed by atoms with van der Waals surface area (Å²) in [5, 5.41) is 11.3. The molecule has 2 aliphatic heterocycles. The zero-order valence-corrected chi connectivity index (χ0v) is 16.8. The molecule has 2 aliphatic rings. The van der Waals surface area contributed by atoms with E-state index < -0.39 is 0 Å². The predicted molar refractivity (Wildman–Crippen MR) is 110 cm³/mol. The fraction of sp³-hybridized carbons (Fsp3) is 0.524. The molecule has 3 atom stereocenters. The maximum Gasteiger partial charge on any atom is 0.244 e. The summed E-state index contributed by atoms with van der Waals surface area (Å²) >= 11 is 0. The minimum atomic E-state index is -0.254. The summed E-state index contributed by atoms with van der Waals surface area (Å²) < 4.78 is 1.90. The van der Waals surface area contributed by atoms with Gasteiger partial charge in [0.2, 0.25) is 5.91 Å². The molecule has 0 radical (unpaired) electrons. The number of hydrogen-bond donors (Lipinski definition) is 4. The van der Waals surface area contributed by atoms with Crippen LogP contribution in [0.4, 0.5) is 5.82 Å². The largest absolute Gasteiger partial charge is 0.316 e. The van der Waals surface area contributed by atoms with Gasteiger partial charge in [-0.3, -0.25) is 10.2 Å². The van der Waals surface area contributed by atoms with Crippen LogP contribution in [0.15, 0.2) is 36.4 Å². The van der Waals surface area contributed by atoms with Gasteiger partial charge in [-0.1, -0.05) is 51.1 Å². The number of carbonyl (C=O) groups is 1. The van der Waals surface area contributed by atoms with Crippen LogP contribution in [-0.4, -0.2) is 40.9 Å². The summed E-state index contributed by atoms with van der Waals surface area (Å²) in [6, 6.07) is 12.3. The van der Waals surface area contributed by atoms with Crippen LogP contribution in [0.5, 0.6) is 0 Å². The van der Waals surface area contributed by atoms with E-state index in [1.165, 1.54) is 0 Å². The molecule has 0 aliphatic carbocycles. The first-order valence-electron chi connectivity index (χ1n) is 10.1. The van der Waals surface area contributed by atoms with Gasteiger partial charge in [0.15, 0.2) is 0 Å². The SMILES string of the molecule is CC(C)(C)c1cc(NC(=O)C2NNC3CCNCC32)n(Cc2ccccc2)n1. The summed E-state index contributed by atoms with van der Waals surface area (Å²) in [4.78, 5) is 13.1. The Morgan fingerprint density at radius 3 is 2.79 bits per heavy atom. The van der Waals surface area contributed by atoms with Crippen molar-refractivity contribution in [2.45, 2.75) is 51.2 Å². The minimum absolute atomic E-state index is 0.0154.